The van der Waals surface area contributed by atoms with Gasteiger partial charge in [0.25, 0.3) is 0 Å². The monoisotopic (exact) mass is 257 g/mol. The number of alkyl halides is 1. The predicted octanol–water partition coefficient (Wildman–Crippen LogP) is 2.94. The normalized spacial score (nSPS) is 12.2. The summed E-state index contributed by atoms with van der Waals surface area (Å²) in [5, 5.41) is 3.25. The van der Waals surface area contributed by atoms with Gasteiger partial charge in [0.2, 0.25) is 5.88 Å². The summed E-state index contributed by atoms with van der Waals surface area (Å²) in [6, 6.07) is 1.81. The van der Waals surface area contributed by atoms with Crippen LogP contribution >= 0.6 is 11.6 Å². The predicted molar refractivity (Wildman–Crippen MR) is 70.8 cm³/mol. The van der Waals surface area contributed by atoms with E-state index in [1.807, 2.05) is 13.0 Å². The summed E-state index contributed by atoms with van der Waals surface area (Å²) in [7, 11) is 0. The quantitative estimate of drug-likeness (QED) is 0.575. The van der Waals surface area contributed by atoms with Crippen LogP contribution in [-0.2, 0) is 0 Å². The molecular formula is C12H20ClN3O. The molecular weight excluding hydrogens is 238 g/mol. The van der Waals surface area contributed by atoms with Gasteiger partial charge in [0.15, 0.2) is 0 Å². The van der Waals surface area contributed by atoms with Gasteiger partial charge >= 0.3 is 0 Å². The molecule has 1 unspecified atom stereocenters. The van der Waals surface area contributed by atoms with Crippen LogP contribution in [-0.4, -0.2) is 29.0 Å². The van der Waals surface area contributed by atoms with Crippen LogP contribution in [0.4, 0.5) is 5.82 Å². The summed E-state index contributed by atoms with van der Waals surface area (Å²) in [5.41, 5.74) is 0. The molecule has 1 N–H and O–H groups in total. The molecule has 1 atom stereocenters. The van der Waals surface area contributed by atoms with E-state index >= 15 is 0 Å². The van der Waals surface area contributed by atoms with Crippen LogP contribution in [0.3, 0.4) is 0 Å². The minimum absolute atomic E-state index is 0.572. The molecule has 0 aliphatic heterocycles. The Balaban J connectivity index is 2.28. The number of nitrogens with zero attached hydrogens (tertiary/aromatic N) is 2. The Hall–Kier alpha value is -1.03. The molecule has 0 spiro atoms. The van der Waals surface area contributed by atoms with Gasteiger partial charge in [-0.2, -0.15) is 0 Å². The van der Waals surface area contributed by atoms with Gasteiger partial charge in [-0.15, -0.1) is 11.6 Å². The highest BCUT2D eigenvalue weighted by atomic mass is 35.5. The molecule has 1 aromatic rings. The Morgan fingerprint density at radius 2 is 2.29 bits per heavy atom. The summed E-state index contributed by atoms with van der Waals surface area (Å²) in [6.07, 6.45) is 3.72. The highest BCUT2D eigenvalue weighted by Crippen LogP contribution is 2.12. The van der Waals surface area contributed by atoms with Gasteiger partial charge in [-0.05, 0) is 25.7 Å². The lowest BCUT2D eigenvalue weighted by atomic mass is 10.1. The Labute approximate surface area is 108 Å². The van der Waals surface area contributed by atoms with Crippen LogP contribution in [0.5, 0.6) is 5.88 Å². The topological polar surface area (TPSA) is 47.0 Å². The summed E-state index contributed by atoms with van der Waals surface area (Å²) in [5.74, 6) is 2.71. The van der Waals surface area contributed by atoms with Crippen LogP contribution in [0.1, 0.15) is 26.7 Å². The van der Waals surface area contributed by atoms with Gasteiger partial charge in [-0.25, -0.2) is 9.97 Å². The molecule has 0 saturated heterocycles. The molecule has 17 heavy (non-hydrogen) atoms. The van der Waals surface area contributed by atoms with E-state index < -0.39 is 0 Å². The summed E-state index contributed by atoms with van der Waals surface area (Å²) in [6.45, 7) is 5.60. The van der Waals surface area contributed by atoms with Gasteiger partial charge in [0.05, 0.1) is 6.61 Å². The number of ether oxygens (including phenoxy) is 1. The van der Waals surface area contributed by atoms with Gasteiger partial charge in [-0.1, -0.05) is 6.92 Å². The Kier molecular flexibility index (Phi) is 6.70. The van der Waals surface area contributed by atoms with Crippen molar-refractivity contribution in [3.63, 3.8) is 0 Å². The Morgan fingerprint density at radius 3 is 3.00 bits per heavy atom. The molecule has 0 bridgehead atoms. The zero-order chi connectivity index (χ0) is 12.5. The first-order valence-corrected chi connectivity index (χ1v) is 6.54. The molecule has 1 rings (SSSR count). The maximum absolute atomic E-state index is 5.75. The smallest absolute Gasteiger partial charge is 0.218 e. The molecule has 4 nitrogen and oxygen atoms in total. The highest BCUT2D eigenvalue weighted by molar-refractivity contribution is 6.18. The fourth-order valence-electron chi connectivity index (χ4n) is 1.41. The van der Waals surface area contributed by atoms with Crippen molar-refractivity contribution < 1.29 is 4.74 Å². The minimum atomic E-state index is 0.572. The largest absolute Gasteiger partial charge is 0.478 e. The van der Waals surface area contributed by atoms with E-state index in [-0.39, 0.29) is 0 Å². The molecule has 0 amide bonds. The Morgan fingerprint density at radius 1 is 1.47 bits per heavy atom. The lowest BCUT2D eigenvalue weighted by Gasteiger charge is -2.09. The highest BCUT2D eigenvalue weighted by Gasteiger charge is 2.01. The van der Waals surface area contributed by atoms with Crippen LogP contribution < -0.4 is 10.1 Å². The number of rotatable bonds is 8. The summed E-state index contributed by atoms with van der Waals surface area (Å²) in [4.78, 5) is 8.14. The fraction of sp³-hybridized carbons (Fsp3) is 0.667. The van der Waals surface area contributed by atoms with Crippen molar-refractivity contribution in [3.05, 3.63) is 12.4 Å². The third kappa shape index (κ3) is 5.73. The molecule has 0 aromatic carbocycles. The number of hydrogen-bond acceptors (Lipinski definition) is 4. The zero-order valence-corrected chi connectivity index (χ0v) is 11.2. The van der Waals surface area contributed by atoms with E-state index in [0.29, 0.717) is 18.4 Å². The van der Waals surface area contributed by atoms with E-state index in [2.05, 4.69) is 22.2 Å². The minimum Gasteiger partial charge on any atom is -0.478 e. The molecule has 0 radical (unpaired) electrons. The summed E-state index contributed by atoms with van der Waals surface area (Å²) < 4.78 is 5.30. The fourth-order valence-corrected chi connectivity index (χ4v) is 1.56. The molecule has 1 heterocycles. The zero-order valence-electron chi connectivity index (χ0n) is 10.4. The van der Waals surface area contributed by atoms with Crippen molar-refractivity contribution in [1.29, 1.82) is 0 Å². The average molecular weight is 258 g/mol. The van der Waals surface area contributed by atoms with Crippen molar-refractivity contribution in [2.75, 3.05) is 24.3 Å². The van der Waals surface area contributed by atoms with Crippen molar-refractivity contribution >= 4 is 17.4 Å². The Bertz CT molecular complexity index is 322. The first kappa shape index (κ1) is 14.0. The number of anilines is 1. The van der Waals surface area contributed by atoms with E-state index in [1.165, 1.54) is 6.33 Å². The van der Waals surface area contributed by atoms with Crippen LogP contribution in [0.2, 0.25) is 0 Å². The second kappa shape index (κ2) is 8.12. The SMILES string of the molecule is CCOc1cc(NCCCC(C)CCl)ncn1. The number of halogens is 1. The standard InChI is InChI=1S/C12H20ClN3O/c1-3-17-12-7-11(15-9-16-12)14-6-4-5-10(2)8-13/h7,9-10H,3-6,8H2,1-2H3,(H,14,15,16). The second-order valence-corrected chi connectivity index (χ2v) is 4.31. The first-order chi connectivity index (χ1) is 8.26. The van der Waals surface area contributed by atoms with Crippen molar-refractivity contribution in [3.8, 4) is 5.88 Å². The van der Waals surface area contributed by atoms with Crippen molar-refractivity contribution in [2.24, 2.45) is 5.92 Å². The first-order valence-electron chi connectivity index (χ1n) is 6.01. The average Bonchev–Trinajstić information content (AvgIpc) is 2.35. The van der Waals surface area contributed by atoms with Crippen LogP contribution in [0.15, 0.2) is 12.4 Å². The molecule has 0 aliphatic carbocycles. The molecule has 0 saturated carbocycles. The molecule has 5 heteroatoms. The van der Waals surface area contributed by atoms with E-state index in [4.69, 9.17) is 16.3 Å². The second-order valence-electron chi connectivity index (χ2n) is 4.00. The lowest BCUT2D eigenvalue weighted by Crippen LogP contribution is -2.06. The third-order valence-electron chi connectivity index (χ3n) is 2.38. The number of hydrogen-bond donors (Lipinski definition) is 1. The number of aromatic nitrogens is 2. The third-order valence-corrected chi connectivity index (χ3v) is 2.90. The van der Waals surface area contributed by atoms with Gasteiger partial charge in [-0.3, -0.25) is 0 Å². The molecule has 0 aliphatic rings. The van der Waals surface area contributed by atoms with Gasteiger partial charge in [0.1, 0.15) is 12.1 Å². The van der Waals surface area contributed by atoms with E-state index in [9.17, 15) is 0 Å². The van der Waals surface area contributed by atoms with Crippen LogP contribution in [0.25, 0.3) is 0 Å². The van der Waals surface area contributed by atoms with E-state index in [0.717, 1.165) is 31.1 Å². The number of nitrogens with one attached hydrogen (secondary N) is 1. The van der Waals surface area contributed by atoms with E-state index in [1.54, 1.807) is 0 Å². The van der Waals surface area contributed by atoms with Gasteiger partial charge < -0.3 is 10.1 Å². The molecule has 96 valence electrons. The maximum Gasteiger partial charge on any atom is 0.218 e. The van der Waals surface area contributed by atoms with Gasteiger partial charge in [0, 0.05) is 18.5 Å². The summed E-state index contributed by atoms with van der Waals surface area (Å²) >= 11 is 5.75. The maximum atomic E-state index is 5.75. The molecule has 0 fully saturated rings. The van der Waals surface area contributed by atoms with Crippen molar-refractivity contribution in [2.45, 2.75) is 26.7 Å². The van der Waals surface area contributed by atoms with Crippen molar-refractivity contribution in [1.82, 2.24) is 9.97 Å². The van der Waals surface area contributed by atoms with Crippen LogP contribution in [0, 0.1) is 5.92 Å². The molecule has 1 aromatic heterocycles. The lowest BCUT2D eigenvalue weighted by molar-refractivity contribution is 0.326.